The maximum atomic E-state index is 13.4. The van der Waals surface area contributed by atoms with Crippen molar-refractivity contribution in [3.05, 3.63) is 54.2 Å². The average molecular weight is 486 g/mol. The number of anilines is 2. The van der Waals surface area contributed by atoms with E-state index < -0.39 is 42.0 Å². The molecule has 0 saturated carbocycles. The van der Waals surface area contributed by atoms with E-state index in [0.717, 1.165) is 26.6 Å². The van der Waals surface area contributed by atoms with Crippen LogP contribution in [0.5, 0.6) is 0 Å². The SMILES string of the molecule is C[C@@H]1C[C@H](C(F)(F)F)n2ncc(C(=O)NN[C@@H]3CC(=O)N(c4cccc5ccccc45)C3=O)c2N1. The first-order valence-electron chi connectivity index (χ1n) is 11.0. The summed E-state index contributed by atoms with van der Waals surface area (Å²) in [6.45, 7) is 1.58. The number of nitrogens with zero attached hydrogens (tertiary/aromatic N) is 3. The molecule has 0 bridgehead atoms. The largest absolute Gasteiger partial charge is 0.410 e. The molecule has 35 heavy (non-hydrogen) atoms. The zero-order valence-corrected chi connectivity index (χ0v) is 18.5. The number of alkyl halides is 3. The molecule has 182 valence electrons. The molecule has 3 amide bonds. The summed E-state index contributed by atoms with van der Waals surface area (Å²) in [6, 6.07) is 9.17. The third kappa shape index (κ3) is 3.99. The second-order valence-electron chi connectivity index (χ2n) is 8.61. The molecule has 2 aliphatic heterocycles. The van der Waals surface area contributed by atoms with Crippen LogP contribution in [0, 0.1) is 0 Å². The van der Waals surface area contributed by atoms with E-state index in [1.165, 1.54) is 0 Å². The molecule has 1 aromatic heterocycles. The van der Waals surface area contributed by atoms with Gasteiger partial charge in [0, 0.05) is 11.4 Å². The van der Waals surface area contributed by atoms with Crippen LogP contribution in [0.15, 0.2) is 48.7 Å². The van der Waals surface area contributed by atoms with Crippen molar-refractivity contribution >= 4 is 40.0 Å². The van der Waals surface area contributed by atoms with E-state index in [1.807, 2.05) is 18.2 Å². The number of carbonyl (C=O) groups excluding carboxylic acids is 3. The van der Waals surface area contributed by atoms with Gasteiger partial charge in [-0.25, -0.2) is 15.0 Å². The topological polar surface area (TPSA) is 108 Å². The summed E-state index contributed by atoms with van der Waals surface area (Å²) in [5.74, 6) is -1.83. The Hall–Kier alpha value is -3.93. The van der Waals surface area contributed by atoms with E-state index in [0.29, 0.717) is 5.69 Å². The zero-order valence-electron chi connectivity index (χ0n) is 18.5. The lowest BCUT2D eigenvalue weighted by atomic mass is 10.1. The van der Waals surface area contributed by atoms with Gasteiger partial charge in [-0.3, -0.25) is 19.8 Å². The third-order valence-electron chi connectivity index (χ3n) is 6.19. The molecule has 3 aromatic rings. The molecule has 3 atom stereocenters. The predicted molar refractivity (Wildman–Crippen MR) is 120 cm³/mol. The van der Waals surface area contributed by atoms with Crippen molar-refractivity contribution < 1.29 is 27.6 Å². The van der Waals surface area contributed by atoms with Gasteiger partial charge < -0.3 is 5.32 Å². The van der Waals surface area contributed by atoms with Gasteiger partial charge in [0.05, 0.1) is 18.3 Å². The van der Waals surface area contributed by atoms with Crippen LogP contribution in [0.4, 0.5) is 24.7 Å². The second kappa shape index (κ2) is 8.38. The first-order valence-corrected chi connectivity index (χ1v) is 11.0. The minimum absolute atomic E-state index is 0.0587. The van der Waals surface area contributed by atoms with Crippen LogP contribution in [0.1, 0.15) is 36.2 Å². The number of imide groups is 1. The third-order valence-corrected chi connectivity index (χ3v) is 6.19. The molecule has 12 heteroatoms. The van der Waals surface area contributed by atoms with Gasteiger partial charge in [0.25, 0.3) is 11.8 Å². The van der Waals surface area contributed by atoms with Crippen molar-refractivity contribution in [2.45, 2.75) is 44.1 Å². The molecule has 3 heterocycles. The number of hydrogen-bond acceptors (Lipinski definition) is 6. The Labute approximate surface area is 197 Å². The monoisotopic (exact) mass is 486 g/mol. The van der Waals surface area contributed by atoms with E-state index in [9.17, 15) is 27.6 Å². The molecular formula is C23H21F3N6O3. The maximum absolute atomic E-state index is 13.4. The van der Waals surface area contributed by atoms with Gasteiger partial charge in [0.15, 0.2) is 6.04 Å². The Kier molecular flexibility index (Phi) is 5.47. The quantitative estimate of drug-likeness (QED) is 0.387. The summed E-state index contributed by atoms with van der Waals surface area (Å²) >= 11 is 0. The van der Waals surface area contributed by atoms with Gasteiger partial charge in [-0.2, -0.15) is 18.3 Å². The first kappa shape index (κ1) is 22.8. The van der Waals surface area contributed by atoms with Crippen LogP contribution < -0.4 is 21.1 Å². The molecule has 0 aliphatic carbocycles. The van der Waals surface area contributed by atoms with E-state index in [2.05, 4.69) is 21.3 Å². The number of rotatable bonds is 4. The van der Waals surface area contributed by atoms with Gasteiger partial charge >= 0.3 is 6.18 Å². The van der Waals surface area contributed by atoms with Crippen LogP contribution >= 0.6 is 0 Å². The average Bonchev–Trinajstić information content (AvgIpc) is 3.36. The van der Waals surface area contributed by atoms with Crippen molar-refractivity contribution in [2.24, 2.45) is 0 Å². The smallest absolute Gasteiger partial charge is 0.367 e. The molecule has 1 saturated heterocycles. The Morgan fingerprint density at radius 2 is 1.89 bits per heavy atom. The van der Waals surface area contributed by atoms with Gasteiger partial charge in [-0.05, 0) is 24.8 Å². The molecule has 5 rings (SSSR count). The highest BCUT2D eigenvalue weighted by Crippen LogP contribution is 2.40. The van der Waals surface area contributed by atoms with Crippen LogP contribution in [0.2, 0.25) is 0 Å². The highest BCUT2D eigenvalue weighted by molar-refractivity contribution is 6.25. The molecule has 9 nitrogen and oxygen atoms in total. The number of hydrazine groups is 1. The minimum atomic E-state index is -4.52. The van der Waals surface area contributed by atoms with Crippen LogP contribution in [-0.4, -0.2) is 45.8 Å². The van der Waals surface area contributed by atoms with Crippen molar-refractivity contribution in [2.75, 3.05) is 10.2 Å². The van der Waals surface area contributed by atoms with E-state index in [1.54, 1.807) is 31.2 Å². The fraction of sp³-hybridized carbons (Fsp3) is 0.304. The number of hydrogen-bond donors (Lipinski definition) is 3. The Morgan fingerprint density at radius 1 is 1.14 bits per heavy atom. The number of aromatic nitrogens is 2. The molecule has 0 spiro atoms. The fourth-order valence-electron chi connectivity index (χ4n) is 4.53. The number of benzene rings is 2. The standard InChI is InChI=1S/C23H21F3N6O3/c1-12-9-18(23(24,25)26)32-20(28-12)15(11-27-32)21(34)30-29-16-10-19(33)31(22(16)35)17-8-4-6-13-5-2-3-7-14(13)17/h2-8,11-12,16,18,28-29H,9-10H2,1H3,(H,30,34)/t12-,16-,18-/m1/s1. The van der Waals surface area contributed by atoms with Gasteiger partial charge in [-0.15, -0.1) is 0 Å². The van der Waals surface area contributed by atoms with E-state index in [4.69, 9.17) is 0 Å². The molecule has 2 aromatic carbocycles. The fourth-order valence-corrected chi connectivity index (χ4v) is 4.53. The Balaban J connectivity index is 1.32. The Bertz CT molecular complexity index is 1330. The van der Waals surface area contributed by atoms with Gasteiger partial charge in [-0.1, -0.05) is 36.4 Å². The van der Waals surface area contributed by atoms with Gasteiger partial charge in [0.1, 0.15) is 17.4 Å². The maximum Gasteiger partial charge on any atom is 0.410 e. The lowest BCUT2D eigenvalue weighted by Gasteiger charge is -2.32. The molecule has 2 aliphatic rings. The van der Waals surface area contributed by atoms with Crippen LogP contribution in [-0.2, 0) is 9.59 Å². The second-order valence-corrected chi connectivity index (χ2v) is 8.61. The lowest BCUT2D eigenvalue weighted by Crippen LogP contribution is -2.48. The van der Waals surface area contributed by atoms with E-state index in [-0.39, 0.29) is 24.2 Å². The number of fused-ring (bicyclic) bond motifs is 2. The summed E-state index contributed by atoms with van der Waals surface area (Å²) in [6.07, 6.45) is -3.90. The van der Waals surface area contributed by atoms with Crippen LogP contribution in [0.25, 0.3) is 10.8 Å². The number of carbonyl (C=O) groups is 3. The minimum Gasteiger partial charge on any atom is -0.367 e. The highest BCUT2D eigenvalue weighted by atomic mass is 19.4. The summed E-state index contributed by atoms with van der Waals surface area (Å²) in [7, 11) is 0. The summed E-state index contributed by atoms with van der Waals surface area (Å²) < 4.78 is 41.1. The normalized spacial score (nSPS) is 22.3. The molecular weight excluding hydrogens is 465 g/mol. The van der Waals surface area contributed by atoms with Crippen molar-refractivity contribution in [1.82, 2.24) is 20.6 Å². The van der Waals surface area contributed by atoms with Crippen LogP contribution in [0.3, 0.4) is 0 Å². The van der Waals surface area contributed by atoms with E-state index >= 15 is 0 Å². The summed E-state index contributed by atoms with van der Waals surface area (Å²) in [4.78, 5) is 39.5. The summed E-state index contributed by atoms with van der Waals surface area (Å²) in [5.41, 5.74) is 5.23. The molecule has 1 fully saturated rings. The molecule has 0 radical (unpaired) electrons. The predicted octanol–water partition coefficient (Wildman–Crippen LogP) is 2.91. The number of nitrogens with one attached hydrogen (secondary N) is 3. The highest BCUT2D eigenvalue weighted by Gasteiger charge is 2.46. The van der Waals surface area contributed by atoms with Crippen molar-refractivity contribution in [3.63, 3.8) is 0 Å². The zero-order chi connectivity index (χ0) is 24.9. The Morgan fingerprint density at radius 3 is 2.66 bits per heavy atom. The van der Waals surface area contributed by atoms with Crippen molar-refractivity contribution in [1.29, 1.82) is 0 Å². The summed E-state index contributed by atoms with van der Waals surface area (Å²) in [5, 5.41) is 8.22. The molecule has 3 N–H and O–H groups in total. The van der Waals surface area contributed by atoms with Crippen molar-refractivity contribution in [3.8, 4) is 0 Å². The lowest BCUT2D eigenvalue weighted by molar-refractivity contribution is -0.173. The first-order chi connectivity index (χ1) is 16.6. The number of halogens is 3. The molecule has 0 unspecified atom stereocenters. The van der Waals surface area contributed by atoms with Gasteiger partial charge in [0.2, 0.25) is 5.91 Å². The number of amides is 3.